The zero-order valence-corrected chi connectivity index (χ0v) is 15.2. The van der Waals surface area contributed by atoms with Crippen LogP contribution in [0.2, 0.25) is 0 Å². The highest BCUT2D eigenvalue weighted by molar-refractivity contribution is 6.34. The number of imide groups is 1. The summed E-state index contributed by atoms with van der Waals surface area (Å²) in [5.74, 6) is -0.0381. The molecule has 1 aromatic rings. The number of fused-ring (bicyclic) bond motifs is 1. The lowest BCUT2D eigenvalue weighted by molar-refractivity contribution is -0.134. The molecule has 0 N–H and O–H groups in total. The maximum Gasteiger partial charge on any atom is 0.261 e. The van der Waals surface area contributed by atoms with Crippen molar-refractivity contribution in [1.29, 1.82) is 0 Å². The molecular formula is C19H22N2O4. The quantitative estimate of drug-likeness (QED) is 0.771. The Kier molecular flexibility index (Phi) is 3.94. The molecule has 2 heterocycles. The summed E-state index contributed by atoms with van der Waals surface area (Å²) in [7, 11) is 3.04. The van der Waals surface area contributed by atoms with Crippen molar-refractivity contribution in [2.45, 2.75) is 27.2 Å². The number of hydrogen-bond acceptors (Lipinski definition) is 4. The molecular weight excluding hydrogens is 320 g/mol. The van der Waals surface area contributed by atoms with Crippen molar-refractivity contribution in [1.82, 2.24) is 4.90 Å². The van der Waals surface area contributed by atoms with Crippen molar-refractivity contribution in [2.75, 3.05) is 25.6 Å². The number of carbonyl (C=O) groups is 3. The number of carbonyl (C=O) groups excluding carboxylic acids is 3. The Morgan fingerprint density at radius 3 is 2.40 bits per heavy atom. The maximum absolute atomic E-state index is 12.9. The number of anilines is 1. The van der Waals surface area contributed by atoms with Crippen LogP contribution in [0.15, 0.2) is 18.2 Å². The highest BCUT2D eigenvalue weighted by Gasteiger charge is 2.38. The number of amides is 3. The molecule has 0 aromatic heterocycles. The largest absolute Gasteiger partial charge is 0.496 e. The topological polar surface area (TPSA) is 66.9 Å². The summed E-state index contributed by atoms with van der Waals surface area (Å²) in [5, 5.41) is 0. The minimum Gasteiger partial charge on any atom is -0.496 e. The van der Waals surface area contributed by atoms with Gasteiger partial charge in [-0.3, -0.25) is 19.3 Å². The van der Waals surface area contributed by atoms with Crippen LogP contribution >= 0.6 is 0 Å². The van der Waals surface area contributed by atoms with Crippen LogP contribution in [0.4, 0.5) is 5.69 Å². The van der Waals surface area contributed by atoms with E-state index in [0.29, 0.717) is 35.5 Å². The van der Waals surface area contributed by atoms with E-state index >= 15 is 0 Å². The minimum atomic E-state index is -0.553. The van der Waals surface area contributed by atoms with E-state index in [2.05, 4.69) is 0 Å². The number of ether oxygens (including phenoxy) is 1. The van der Waals surface area contributed by atoms with Crippen molar-refractivity contribution in [2.24, 2.45) is 5.41 Å². The molecule has 0 fully saturated rings. The van der Waals surface area contributed by atoms with Crippen molar-refractivity contribution in [3.63, 3.8) is 0 Å². The molecule has 6 heteroatoms. The third kappa shape index (κ3) is 2.62. The highest BCUT2D eigenvalue weighted by atomic mass is 16.5. The number of benzene rings is 1. The van der Waals surface area contributed by atoms with Gasteiger partial charge >= 0.3 is 0 Å². The fraction of sp³-hybridized carbons (Fsp3) is 0.421. The number of hydrogen-bond donors (Lipinski definition) is 0. The molecule has 6 nitrogen and oxygen atoms in total. The molecule has 1 aromatic carbocycles. The van der Waals surface area contributed by atoms with Crippen molar-refractivity contribution in [3.8, 4) is 5.75 Å². The van der Waals surface area contributed by atoms with Gasteiger partial charge in [0.2, 0.25) is 5.91 Å². The molecule has 25 heavy (non-hydrogen) atoms. The van der Waals surface area contributed by atoms with E-state index in [1.165, 1.54) is 13.1 Å². The van der Waals surface area contributed by atoms with Gasteiger partial charge in [0.1, 0.15) is 5.75 Å². The van der Waals surface area contributed by atoms with Gasteiger partial charge in [0.25, 0.3) is 11.8 Å². The Hall–Kier alpha value is -2.63. The Bertz CT molecular complexity index is 817. The monoisotopic (exact) mass is 342 g/mol. The molecule has 2 aliphatic rings. The predicted octanol–water partition coefficient (Wildman–Crippen LogP) is 2.01. The second-order valence-electron chi connectivity index (χ2n) is 7.36. The van der Waals surface area contributed by atoms with Crippen molar-refractivity contribution >= 4 is 29.0 Å². The minimum absolute atomic E-state index is 0.0218. The second-order valence-corrected chi connectivity index (χ2v) is 7.36. The van der Waals surface area contributed by atoms with Gasteiger partial charge in [0.15, 0.2) is 0 Å². The summed E-state index contributed by atoms with van der Waals surface area (Å²) in [4.78, 5) is 40.0. The molecule has 3 rings (SSSR count). The van der Waals surface area contributed by atoms with E-state index in [4.69, 9.17) is 4.74 Å². The Balaban J connectivity index is 2.19. The molecule has 0 saturated heterocycles. The van der Waals surface area contributed by atoms with Crippen LogP contribution in [0.5, 0.6) is 5.75 Å². The van der Waals surface area contributed by atoms with E-state index in [1.807, 2.05) is 20.8 Å². The molecule has 3 amide bonds. The van der Waals surface area contributed by atoms with Crippen LogP contribution < -0.4 is 9.64 Å². The number of nitrogens with zero attached hydrogens (tertiary/aromatic N) is 2. The number of likely N-dealkylation sites (N-methyl/N-ethyl adjacent to an activating group) is 1. The van der Waals surface area contributed by atoms with E-state index in [1.54, 1.807) is 24.1 Å². The Labute approximate surface area is 147 Å². The molecule has 0 unspecified atom stereocenters. The summed E-state index contributed by atoms with van der Waals surface area (Å²) >= 11 is 0. The summed E-state index contributed by atoms with van der Waals surface area (Å²) < 4.78 is 5.44. The molecule has 2 aliphatic heterocycles. The Morgan fingerprint density at radius 2 is 1.88 bits per heavy atom. The lowest BCUT2D eigenvalue weighted by Crippen LogP contribution is -2.38. The van der Waals surface area contributed by atoms with Gasteiger partial charge in [-0.1, -0.05) is 20.8 Å². The first-order valence-electron chi connectivity index (χ1n) is 8.22. The van der Waals surface area contributed by atoms with Crippen LogP contribution in [0.25, 0.3) is 5.57 Å². The van der Waals surface area contributed by atoms with Crippen LogP contribution in [0.1, 0.15) is 31.9 Å². The zero-order chi connectivity index (χ0) is 18.5. The normalized spacial score (nSPS) is 17.1. The average Bonchev–Trinajstić information content (AvgIpc) is 3.10. The molecule has 0 radical (unpaired) electrons. The molecule has 0 atom stereocenters. The van der Waals surface area contributed by atoms with Gasteiger partial charge < -0.3 is 9.64 Å². The summed E-state index contributed by atoms with van der Waals surface area (Å²) in [5.41, 5.74) is 1.95. The summed E-state index contributed by atoms with van der Waals surface area (Å²) in [6.45, 7) is 6.13. The standard InChI is InChI=1S/C19H22N2O4/c1-19(2,3)18(24)21-9-8-12-14(25-5)7-6-11(16(12)21)13-10-15(22)20(4)17(13)23/h6-7,10H,8-9H2,1-5H3. The molecule has 0 spiro atoms. The maximum atomic E-state index is 12.9. The third-order valence-electron chi connectivity index (χ3n) is 4.63. The lowest BCUT2D eigenvalue weighted by Gasteiger charge is -2.28. The van der Waals surface area contributed by atoms with Crippen molar-refractivity contribution in [3.05, 3.63) is 29.3 Å². The van der Waals surface area contributed by atoms with Crippen molar-refractivity contribution < 1.29 is 19.1 Å². The van der Waals surface area contributed by atoms with Crippen LogP contribution in [0.3, 0.4) is 0 Å². The van der Waals surface area contributed by atoms with Crippen LogP contribution in [-0.4, -0.2) is 43.3 Å². The molecule has 0 saturated carbocycles. The van der Waals surface area contributed by atoms with E-state index in [0.717, 1.165) is 10.5 Å². The lowest BCUT2D eigenvalue weighted by atomic mass is 9.93. The third-order valence-corrected chi connectivity index (χ3v) is 4.63. The fourth-order valence-corrected chi connectivity index (χ4v) is 3.28. The molecule has 0 bridgehead atoms. The highest BCUT2D eigenvalue weighted by Crippen LogP contribution is 2.43. The Morgan fingerprint density at radius 1 is 1.20 bits per heavy atom. The molecule has 132 valence electrons. The van der Waals surface area contributed by atoms with Gasteiger partial charge in [-0.25, -0.2) is 0 Å². The average molecular weight is 342 g/mol. The SMILES string of the molecule is COc1ccc(C2=CC(=O)N(C)C2=O)c2c1CCN2C(=O)C(C)(C)C. The van der Waals surface area contributed by atoms with Gasteiger partial charge in [0.05, 0.1) is 18.4 Å². The zero-order valence-electron chi connectivity index (χ0n) is 15.2. The van der Waals surface area contributed by atoms with E-state index in [9.17, 15) is 14.4 Å². The van der Waals surface area contributed by atoms with E-state index in [-0.39, 0.29) is 17.7 Å². The van der Waals surface area contributed by atoms with E-state index < -0.39 is 5.41 Å². The summed E-state index contributed by atoms with van der Waals surface area (Å²) in [6, 6.07) is 3.54. The summed E-state index contributed by atoms with van der Waals surface area (Å²) in [6.07, 6.45) is 1.99. The first-order chi connectivity index (χ1) is 11.7. The predicted molar refractivity (Wildman–Crippen MR) is 94.3 cm³/mol. The molecule has 0 aliphatic carbocycles. The second kappa shape index (κ2) is 5.72. The van der Waals surface area contributed by atoms with Gasteiger partial charge in [-0.15, -0.1) is 0 Å². The first kappa shape index (κ1) is 17.2. The number of methoxy groups -OCH3 is 1. The van der Waals surface area contributed by atoms with Gasteiger partial charge in [0, 0.05) is 36.2 Å². The smallest absolute Gasteiger partial charge is 0.261 e. The van der Waals surface area contributed by atoms with Gasteiger partial charge in [-0.05, 0) is 18.6 Å². The van der Waals surface area contributed by atoms with Crippen LogP contribution in [-0.2, 0) is 20.8 Å². The van der Waals surface area contributed by atoms with Crippen LogP contribution in [0, 0.1) is 5.41 Å². The number of rotatable bonds is 2. The first-order valence-corrected chi connectivity index (χ1v) is 8.22. The van der Waals surface area contributed by atoms with Gasteiger partial charge in [-0.2, -0.15) is 0 Å². The fourth-order valence-electron chi connectivity index (χ4n) is 3.28.